The van der Waals surface area contributed by atoms with Gasteiger partial charge in [-0.3, -0.25) is 0 Å². The summed E-state index contributed by atoms with van der Waals surface area (Å²) in [6.45, 7) is 8.84. The lowest BCUT2D eigenvalue weighted by molar-refractivity contribution is 0.439. The Labute approximate surface area is 83.4 Å². The topological polar surface area (TPSA) is 24.9 Å². The van der Waals surface area contributed by atoms with Crippen molar-refractivity contribution < 1.29 is 0 Å². The molecule has 13 heavy (non-hydrogen) atoms. The average molecular weight is 196 g/mol. The van der Waals surface area contributed by atoms with Gasteiger partial charge in [0.05, 0.1) is 10.7 Å². The monoisotopic (exact) mass is 196 g/mol. The molecule has 1 aromatic heterocycles. The molecule has 0 unspecified atom stereocenters. The van der Waals surface area contributed by atoms with E-state index in [1.807, 2.05) is 11.3 Å². The quantitative estimate of drug-likeness (QED) is 0.785. The Bertz CT molecular complexity index is 300. The predicted octanol–water partition coefficient (Wildman–Crippen LogP) is 2.26. The molecule has 1 aliphatic heterocycles. The molecule has 1 aromatic rings. The van der Waals surface area contributed by atoms with Gasteiger partial charge in [0.15, 0.2) is 0 Å². The van der Waals surface area contributed by atoms with Crippen molar-refractivity contribution in [2.45, 2.75) is 32.6 Å². The van der Waals surface area contributed by atoms with Crippen LogP contribution in [0.5, 0.6) is 0 Å². The maximum absolute atomic E-state index is 4.71. The van der Waals surface area contributed by atoms with E-state index in [1.165, 1.54) is 15.6 Å². The van der Waals surface area contributed by atoms with Gasteiger partial charge in [-0.05, 0) is 6.92 Å². The Morgan fingerprint density at radius 2 is 2.15 bits per heavy atom. The Balaban J connectivity index is 2.24. The van der Waals surface area contributed by atoms with E-state index in [0.717, 1.165) is 13.1 Å². The fourth-order valence-corrected chi connectivity index (χ4v) is 2.55. The van der Waals surface area contributed by atoms with E-state index < -0.39 is 0 Å². The molecule has 2 rings (SSSR count). The standard InChI is InChI=1S/C10H16N2S/c1-6(2)10-12-9(7(3)13-10)8-4-11-5-8/h6,8,11H,4-5H2,1-3H3. The third-order valence-electron chi connectivity index (χ3n) is 2.51. The summed E-state index contributed by atoms with van der Waals surface area (Å²) in [5.41, 5.74) is 1.34. The van der Waals surface area contributed by atoms with Crippen LogP contribution in [0.4, 0.5) is 0 Å². The van der Waals surface area contributed by atoms with E-state index in [2.05, 4.69) is 26.1 Å². The van der Waals surface area contributed by atoms with E-state index >= 15 is 0 Å². The first-order chi connectivity index (χ1) is 6.18. The van der Waals surface area contributed by atoms with Crippen molar-refractivity contribution in [3.63, 3.8) is 0 Å². The van der Waals surface area contributed by atoms with E-state index in [1.54, 1.807) is 0 Å². The highest BCUT2D eigenvalue weighted by atomic mass is 32.1. The van der Waals surface area contributed by atoms with Crippen LogP contribution in [0.3, 0.4) is 0 Å². The maximum Gasteiger partial charge on any atom is 0.0956 e. The van der Waals surface area contributed by atoms with Gasteiger partial charge >= 0.3 is 0 Å². The van der Waals surface area contributed by atoms with E-state index in [-0.39, 0.29) is 0 Å². The van der Waals surface area contributed by atoms with Crippen LogP contribution in [-0.2, 0) is 0 Å². The Morgan fingerprint density at radius 3 is 2.54 bits per heavy atom. The first kappa shape index (κ1) is 9.16. The van der Waals surface area contributed by atoms with Crippen LogP contribution >= 0.6 is 11.3 Å². The number of hydrogen-bond donors (Lipinski definition) is 1. The molecule has 0 spiro atoms. The summed E-state index contributed by atoms with van der Waals surface area (Å²) in [5.74, 6) is 1.26. The Kier molecular flexibility index (Phi) is 2.39. The van der Waals surface area contributed by atoms with Crippen LogP contribution in [0.15, 0.2) is 0 Å². The van der Waals surface area contributed by atoms with E-state index in [9.17, 15) is 0 Å². The van der Waals surface area contributed by atoms with Gasteiger partial charge in [-0.25, -0.2) is 4.98 Å². The molecule has 1 aliphatic rings. The number of rotatable bonds is 2. The molecule has 2 heterocycles. The number of nitrogens with one attached hydrogen (secondary N) is 1. The van der Waals surface area contributed by atoms with Crippen LogP contribution in [0.25, 0.3) is 0 Å². The number of thiazole rings is 1. The molecule has 0 bridgehead atoms. The molecule has 1 saturated heterocycles. The van der Waals surface area contributed by atoms with Crippen molar-refractivity contribution in [2.24, 2.45) is 0 Å². The van der Waals surface area contributed by atoms with Crippen molar-refractivity contribution >= 4 is 11.3 Å². The van der Waals surface area contributed by atoms with Crippen molar-refractivity contribution in [3.8, 4) is 0 Å². The van der Waals surface area contributed by atoms with Crippen molar-refractivity contribution in [1.82, 2.24) is 10.3 Å². The number of aromatic nitrogens is 1. The summed E-state index contributed by atoms with van der Waals surface area (Å²) in [6.07, 6.45) is 0. The van der Waals surface area contributed by atoms with Crippen molar-refractivity contribution in [2.75, 3.05) is 13.1 Å². The molecule has 1 fully saturated rings. The fourth-order valence-electron chi connectivity index (χ4n) is 1.54. The zero-order valence-electron chi connectivity index (χ0n) is 8.42. The smallest absolute Gasteiger partial charge is 0.0956 e. The summed E-state index contributed by atoms with van der Waals surface area (Å²) in [6, 6.07) is 0. The fraction of sp³-hybridized carbons (Fsp3) is 0.700. The van der Waals surface area contributed by atoms with E-state index in [4.69, 9.17) is 4.98 Å². The largest absolute Gasteiger partial charge is 0.315 e. The normalized spacial score (nSPS) is 17.8. The lowest BCUT2D eigenvalue weighted by Crippen LogP contribution is -2.40. The highest BCUT2D eigenvalue weighted by Crippen LogP contribution is 2.30. The van der Waals surface area contributed by atoms with Crippen LogP contribution in [0, 0.1) is 6.92 Å². The third-order valence-corrected chi connectivity index (χ3v) is 3.80. The van der Waals surface area contributed by atoms with Crippen LogP contribution in [-0.4, -0.2) is 18.1 Å². The first-order valence-corrected chi connectivity index (χ1v) is 5.68. The molecule has 0 amide bonds. The van der Waals surface area contributed by atoms with Gasteiger partial charge in [-0.15, -0.1) is 11.3 Å². The van der Waals surface area contributed by atoms with Crippen LogP contribution < -0.4 is 5.32 Å². The molecule has 0 aliphatic carbocycles. The van der Waals surface area contributed by atoms with Crippen molar-refractivity contribution in [3.05, 3.63) is 15.6 Å². The Morgan fingerprint density at radius 1 is 1.46 bits per heavy atom. The summed E-state index contributed by atoms with van der Waals surface area (Å²) < 4.78 is 0. The SMILES string of the molecule is Cc1sc(C(C)C)nc1C1CNC1. The van der Waals surface area contributed by atoms with Gasteiger partial charge in [-0.2, -0.15) is 0 Å². The Hall–Kier alpha value is -0.410. The van der Waals surface area contributed by atoms with Crippen LogP contribution in [0.2, 0.25) is 0 Å². The summed E-state index contributed by atoms with van der Waals surface area (Å²) >= 11 is 1.86. The summed E-state index contributed by atoms with van der Waals surface area (Å²) in [4.78, 5) is 6.12. The van der Waals surface area contributed by atoms with E-state index in [0.29, 0.717) is 11.8 Å². The zero-order valence-corrected chi connectivity index (χ0v) is 9.24. The predicted molar refractivity (Wildman–Crippen MR) is 56.6 cm³/mol. The molecule has 1 N–H and O–H groups in total. The number of aryl methyl sites for hydroxylation is 1. The zero-order chi connectivity index (χ0) is 9.42. The van der Waals surface area contributed by atoms with Gasteiger partial charge in [0, 0.05) is 29.8 Å². The molecule has 0 atom stereocenters. The minimum atomic E-state index is 0.575. The molecule has 0 saturated carbocycles. The summed E-state index contributed by atoms with van der Waals surface area (Å²) in [7, 11) is 0. The number of hydrogen-bond acceptors (Lipinski definition) is 3. The molecule has 3 heteroatoms. The third kappa shape index (κ3) is 1.63. The minimum absolute atomic E-state index is 0.575. The second-order valence-corrected chi connectivity index (χ2v) is 5.24. The average Bonchev–Trinajstić information content (AvgIpc) is 2.29. The second kappa shape index (κ2) is 3.39. The van der Waals surface area contributed by atoms with Gasteiger partial charge in [-0.1, -0.05) is 13.8 Å². The first-order valence-electron chi connectivity index (χ1n) is 4.86. The second-order valence-electron chi connectivity index (χ2n) is 4.00. The van der Waals surface area contributed by atoms with Crippen LogP contribution in [0.1, 0.15) is 41.3 Å². The van der Waals surface area contributed by atoms with Gasteiger partial charge in [0.1, 0.15) is 0 Å². The lowest BCUT2D eigenvalue weighted by atomic mass is 9.99. The van der Waals surface area contributed by atoms with Crippen molar-refractivity contribution in [1.29, 1.82) is 0 Å². The number of nitrogens with zero attached hydrogens (tertiary/aromatic N) is 1. The van der Waals surface area contributed by atoms with Gasteiger partial charge in [0.25, 0.3) is 0 Å². The summed E-state index contributed by atoms with van der Waals surface area (Å²) in [5, 5.41) is 4.58. The maximum atomic E-state index is 4.71. The molecular weight excluding hydrogens is 180 g/mol. The van der Waals surface area contributed by atoms with Gasteiger partial charge in [0.2, 0.25) is 0 Å². The molecule has 0 radical (unpaired) electrons. The highest BCUT2D eigenvalue weighted by Gasteiger charge is 2.24. The molecule has 2 nitrogen and oxygen atoms in total. The molecule has 72 valence electrons. The molecule has 0 aromatic carbocycles. The lowest BCUT2D eigenvalue weighted by Gasteiger charge is -2.26. The molecular formula is C10H16N2S. The highest BCUT2D eigenvalue weighted by molar-refractivity contribution is 7.11. The van der Waals surface area contributed by atoms with Gasteiger partial charge < -0.3 is 5.32 Å². The minimum Gasteiger partial charge on any atom is -0.315 e.